The molecule has 2 rings (SSSR count). The Balaban J connectivity index is 2.60. The van der Waals surface area contributed by atoms with Crippen molar-refractivity contribution in [3.05, 3.63) is 24.1 Å². The van der Waals surface area contributed by atoms with Crippen molar-refractivity contribution < 1.29 is 14.3 Å². The van der Waals surface area contributed by atoms with Crippen LogP contribution in [0.2, 0.25) is 0 Å². The molecule has 0 unspecified atom stereocenters. The minimum atomic E-state index is -0.408. The molecule has 1 aromatic rings. The van der Waals surface area contributed by atoms with Gasteiger partial charge in [0.1, 0.15) is 9.26 Å². The highest BCUT2D eigenvalue weighted by atomic mass is 127. The Morgan fingerprint density at radius 3 is 2.60 bits per heavy atom. The fourth-order valence-electron chi connectivity index (χ4n) is 2.40. The van der Waals surface area contributed by atoms with Crippen LogP contribution < -0.4 is 0 Å². The molecule has 0 N–H and O–H groups in total. The van der Waals surface area contributed by atoms with E-state index >= 15 is 0 Å². The summed E-state index contributed by atoms with van der Waals surface area (Å²) in [5.41, 5.74) is 1.75. The Labute approximate surface area is 145 Å². The first kappa shape index (κ1) is 16.1. The summed E-state index contributed by atoms with van der Waals surface area (Å²) in [6.45, 7) is 6.20. The smallest absolute Gasteiger partial charge is 0.341 e. The van der Waals surface area contributed by atoms with Crippen molar-refractivity contribution in [2.75, 3.05) is 6.61 Å². The second-order valence-corrected chi connectivity index (χ2v) is 7.68. The van der Waals surface area contributed by atoms with Crippen molar-refractivity contribution in [3.63, 3.8) is 0 Å². The maximum atomic E-state index is 12.4. The third-order valence-corrected chi connectivity index (χ3v) is 5.07. The van der Waals surface area contributed by atoms with Gasteiger partial charge in [-0.3, -0.25) is 4.79 Å². The van der Waals surface area contributed by atoms with Gasteiger partial charge in [-0.25, -0.2) is 9.78 Å². The molecule has 0 amide bonds. The van der Waals surface area contributed by atoms with E-state index in [2.05, 4.69) is 41.4 Å². The van der Waals surface area contributed by atoms with E-state index < -0.39 is 5.97 Å². The van der Waals surface area contributed by atoms with Crippen molar-refractivity contribution >= 4 is 56.9 Å². The average Bonchev–Trinajstić information content (AvgIpc) is 2.25. The number of halogens is 2. The van der Waals surface area contributed by atoms with Crippen LogP contribution in [0.4, 0.5) is 0 Å². The number of Topliss-reactive ketones (excluding diaryl/α,β-unsaturated/α-hetero) is 1. The number of esters is 1. The van der Waals surface area contributed by atoms with Gasteiger partial charge in [0.25, 0.3) is 0 Å². The summed E-state index contributed by atoms with van der Waals surface area (Å²) in [4.78, 5) is 28.9. The first-order valence-electron chi connectivity index (χ1n) is 6.35. The molecule has 0 saturated heterocycles. The van der Waals surface area contributed by atoms with Crippen LogP contribution >= 0.6 is 45.2 Å². The Morgan fingerprint density at radius 2 is 2.00 bits per heavy atom. The van der Waals surface area contributed by atoms with Gasteiger partial charge >= 0.3 is 5.97 Å². The highest BCUT2D eigenvalue weighted by Crippen LogP contribution is 2.37. The molecule has 0 radical (unpaired) electrons. The number of hydrogen-bond donors (Lipinski definition) is 0. The van der Waals surface area contributed by atoms with Crippen LogP contribution in [0.3, 0.4) is 0 Å². The van der Waals surface area contributed by atoms with Gasteiger partial charge in [-0.05, 0) is 63.9 Å². The molecule has 20 heavy (non-hydrogen) atoms. The topological polar surface area (TPSA) is 56.3 Å². The SMILES string of the molecule is CCOC(=O)c1c(I)nc2c(c1I)C(=O)CC(C)(C)C2. The van der Waals surface area contributed by atoms with E-state index in [4.69, 9.17) is 4.74 Å². The number of carbonyl (C=O) groups is 2. The predicted molar refractivity (Wildman–Crippen MR) is 92.1 cm³/mol. The summed E-state index contributed by atoms with van der Waals surface area (Å²) in [7, 11) is 0. The molecule has 4 nitrogen and oxygen atoms in total. The minimum Gasteiger partial charge on any atom is -0.462 e. The first-order chi connectivity index (χ1) is 9.26. The predicted octanol–water partition coefficient (Wildman–Crippen LogP) is 3.62. The molecule has 0 aliphatic heterocycles. The summed E-state index contributed by atoms with van der Waals surface area (Å²) in [6.07, 6.45) is 1.24. The number of hydrogen-bond acceptors (Lipinski definition) is 4. The lowest BCUT2D eigenvalue weighted by molar-refractivity contribution is 0.0523. The molecule has 0 bridgehead atoms. The number of carbonyl (C=O) groups excluding carboxylic acids is 2. The number of nitrogens with zero attached hydrogens (tertiary/aromatic N) is 1. The van der Waals surface area contributed by atoms with Crippen LogP contribution in [-0.2, 0) is 11.2 Å². The molecular weight excluding hydrogens is 484 g/mol. The van der Waals surface area contributed by atoms with Gasteiger partial charge in [-0.1, -0.05) is 13.8 Å². The lowest BCUT2D eigenvalue weighted by Crippen LogP contribution is -2.30. The number of ketones is 1. The fraction of sp³-hybridized carbons (Fsp3) is 0.500. The monoisotopic (exact) mass is 499 g/mol. The van der Waals surface area contributed by atoms with Crippen LogP contribution in [0.1, 0.15) is 53.6 Å². The quantitative estimate of drug-likeness (QED) is 0.355. The maximum Gasteiger partial charge on any atom is 0.341 e. The zero-order valence-corrected chi connectivity index (χ0v) is 15.9. The van der Waals surface area contributed by atoms with E-state index in [1.54, 1.807) is 6.92 Å². The van der Waals surface area contributed by atoms with Crippen LogP contribution in [0.25, 0.3) is 0 Å². The van der Waals surface area contributed by atoms with Crippen molar-refractivity contribution in [1.82, 2.24) is 4.98 Å². The lowest BCUT2D eigenvalue weighted by atomic mass is 9.75. The molecule has 1 heterocycles. The van der Waals surface area contributed by atoms with Crippen molar-refractivity contribution in [3.8, 4) is 0 Å². The van der Waals surface area contributed by atoms with E-state index in [0.717, 1.165) is 12.1 Å². The van der Waals surface area contributed by atoms with Gasteiger partial charge in [-0.2, -0.15) is 0 Å². The van der Waals surface area contributed by atoms with Crippen LogP contribution in [-0.4, -0.2) is 23.3 Å². The largest absolute Gasteiger partial charge is 0.462 e. The van der Waals surface area contributed by atoms with Crippen LogP contribution in [0.15, 0.2) is 0 Å². The van der Waals surface area contributed by atoms with E-state index in [-0.39, 0.29) is 11.2 Å². The third kappa shape index (κ3) is 3.00. The number of fused-ring (bicyclic) bond motifs is 1. The molecule has 0 atom stereocenters. The van der Waals surface area contributed by atoms with E-state index in [0.29, 0.717) is 31.4 Å². The van der Waals surface area contributed by atoms with E-state index in [9.17, 15) is 9.59 Å². The van der Waals surface area contributed by atoms with Crippen molar-refractivity contribution in [1.29, 1.82) is 0 Å². The van der Waals surface area contributed by atoms with Crippen molar-refractivity contribution in [2.45, 2.75) is 33.6 Å². The number of pyridine rings is 1. The number of rotatable bonds is 2. The van der Waals surface area contributed by atoms with E-state index in [1.807, 2.05) is 22.6 Å². The Hall–Kier alpha value is -0.250. The minimum absolute atomic E-state index is 0.0649. The number of aromatic nitrogens is 1. The normalized spacial score (nSPS) is 16.8. The molecule has 0 fully saturated rings. The molecule has 1 aliphatic rings. The highest BCUT2D eigenvalue weighted by molar-refractivity contribution is 14.1. The van der Waals surface area contributed by atoms with Gasteiger partial charge in [0.05, 0.1) is 17.9 Å². The van der Waals surface area contributed by atoms with Gasteiger partial charge in [0.2, 0.25) is 0 Å². The summed E-state index contributed by atoms with van der Waals surface area (Å²) in [5, 5.41) is 0. The van der Waals surface area contributed by atoms with Crippen molar-refractivity contribution in [2.24, 2.45) is 5.41 Å². The summed E-state index contributed by atoms with van der Waals surface area (Å²) in [5.74, 6) is -0.343. The van der Waals surface area contributed by atoms with Crippen LogP contribution in [0.5, 0.6) is 0 Å². The fourth-order valence-corrected chi connectivity index (χ4v) is 4.78. The second-order valence-electron chi connectivity index (χ2n) is 5.57. The molecule has 0 aromatic carbocycles. The van der Waals surface area contributed by atoms with Gasteiger partial charge < -0.3 is 4.74 Å². The molecule has 1 aromatic heterocycles. The molecule has 0 spiro atoms. The molecular formula is C14H15I2NO3. The number of ether oxygens (including phenoxy) is 1. The maximum absolute atomic E-state index is 12.4. The van der Waals surface area contributed by atoms with Gasteiger partial charge in [-0.15, -0.1) is 0 Å². The van der Waals surface area contributed by atoms with Gasteiger partial charge in [0, 0.05) is 9.99 Å². The molecule has 0 saturated carbocycles. The average molecular weight is 499 g/mol. The molecule has 108 valence electrons. The Morgan fingerprint density at radius 1 is 1.35 bits per heavy atom. The lowest BCUT2D eigenvalue weighted by Gasteiger charge is -2.30. The second kappa shape index (κ2) is 5.86. The molecule has 6 heteroatoms. The van der Waals surface area contributed by atoms with Gasteiger partial charge in [0.15, 0.2) is 5.78 Å². The third-order valence-electron chi connectivity index (χ3n) is 3.21. The Bertz CT molecular complexity index is 597. The summed E-state index contributed by atoms with van der Waals surface area (Å²) < 4.78 is 6.34. The van der Waals surface area contributed by atoms with E-state index in [1.165, 1.54) is 0 Å². The first-order valence-corrected chi connectivity index (χ1v) is 8.51. The summed E-state index contributed by atoms with van der Waals surface area (Å²) in [6, 6.07) is 0. The summed E-state index contributed by atoms with van der Waals surface area (Å²) >= 11 is 4.10. The standard InChI is InChI=1S/C14H15I2NO3/c1-4-20-13(19)10-11(15)9-7(17-12(10)16)5-14(2,3)6-8(9)18/h4-6H2,1-3H3. The highest BCUT2D eigenvalue weighted by Gasteiger charge is 2.35. The zero-order valence-electron chi connectivity index (χ0n) is 11.5. The Kier molecular flexibility index (Phi) is 4.73. The zero-order chi connectivity index (χ0) is 15.1. The van der Waals surface area contributed by atoms with Crippen LogP contribution in [0, 0.1) is 12.7 Å². The molecule has 1 aliphatic carbocycles.